The number of esters is 1. The molecule has 3 N–H and O–H groups in total. The quantitative estimate of drug-likeness (QED) is 0.389. The zero-order chi connectivity index (χ0) is 19.2. The summed E-state index contributed by atoms with van der Waals surface area (Å²) in [5, 5.41) is 9.74. The number of hydrogen-bond acceptors (Lipinski definition) is 9. The van der Waals surface area contributed by atoms with Crippen LogP contribution < -0.4 is 15.4 Å². The fourth-order valence-corrected chi connectivity index (χ4v) is 2.73. The first-order valence-corrected chi connectivity index (χ1v) is 8.31. The highest BCUT2D eigenvalue weighted by molar-refractivity contribution is 5.75. The van der Waals surface area contributed by atoms with Gasteiger partial charge >= 0.3 is 5.97 Å². The zero-order valence-electron chi connectivity index (χ0n) is 15.0. The molecule has 0 saturated heterocycles. The lowest BCUT2D eigenvalue weighted by molar-refractivity contribution is -0.143. The van der Waals surface area contributed by atoms with Gasteiger partial charge in [0.05, 0.1) is 26.3 Å². The maximum Gasteiger partial charge on any atom is 0.312 e. The summed E-state index contributed by atoms with van der Waals surface area (Å²) >= 11 is 0. The standard InChI is InChI=1S/C18H20N6O3/c1-26-14-7-5-12(6-8-14)21-16-15(24-19)10-20-18(23-16)22-13-4-3-11(9-13)17(25)27-2/h3-8,10-11,13,19H,9H2,1-2H3,(H2,20,21,22,23)/t11-,13+/m0/s1. The summed E-state index contributed by atoms with van der Waals surface area (Å²) in [4.78, 5) is 20.2. The van der Waals surface area contributed by atoms with Crippen molar-refractivity contribution < 1.29 is 14.3 Å². The van der Waals surface area contributed by atoms with Gasteiger partial charge in [-0.05, 0) is 30.7 Å². The normalized spacial score (nSPS) is 18.0. The third-order valence-corrected chi connectivity index (χ3v) is 4.14. The van der Waals surface area contributed by atoms with Crippen LogP contribution in [0.15, 0.2) is 47.7 Å². The number of carbonyl (C=O) groups excluding carboxylic acids is 1. The van der Waals surface area contributed by atoms with Crippen LogP contribution in [0.2, 0.25) is 0 Å². The molecule has 9 heteroatoms. The van der Waals surface area contributed by atoms with Crippen molar-refractivity contribution in [2.75, 3.05) is 24.9 Å². The molecule has 0 amide bonds. The smallest absolute Gasteiger partial charge is 0.312 e. The van der Waals surface area contributed by atoms with E-state index in [0.29, 0.717) is 23.9 Å². The van der Waals surface area contributed by atoms with Gasteiger partial charge in [0.1, 0.15) is 11.4 Å². The van der Waals surface area contributed by atoms with Crippen molar-refractivity contribution in [1.82, 2.24) is 9.97 Å². The summed E-state index contributed by atoms with van der Waals surface area (Å²) < 4.78 is 9.90. The number of anilines is 3. The first-order chi connectivity index (χ1) is 13.1. The Morgan fingerprint density at radius 2 is 2.04 bits per heavy atom. The molecule has 0 aliphatic heterocycles. The maximum absolute atomic E-state index is 11.6. The average Bonchev–Trinajstić information content (AvgIpc) is 3.16. The van der Waals surface area contributed by atoms with Gasteiger partial charge in [-0.2, -0.15) is 10.1 Å². The molecule has 140 valence electrons. The fourth-order valence-electron chi connectivity index (χ4n) is 2.73. The van der Waals surface area contributed by atoms with Gasteiger partial charge < -0.3 is 20.1 Å². The van der Waals surface area contributed by atoms with Crippen LogP contribution in [0.5, 0.6) is 5.75 Å². The number of methoxy groups -OCH3 is 2. The predicted molar refractivity (Wildman–Crippen MR) is 99.8 cm³/mol. The molecule has 0 saturated carbocycles. The third kappa shape index (κ3) is 4.38. The minimum absolute atomic E-state index is 0.0817. The monoisotopic (exact) mass is 368 g/mol. The highest BCUT2D eigenvalue weighted by Gasteiger charge is 2.26. The topological polar surface area (TPSA) is 122 Å². The Kier molecular flexibility index (Phi) is 5.60. The number of nitrogens with zero attached hydrogens (tertiary/aromatic N) is 3. The fraction of sp³-hybridized carbons (Fsp3) is 0.278. The van der Waals surface area contributed by atoms with Crippen LogP contribution >= 0.6 is 0 Å². The summed E-state index contributed by atoms with van der Waals surface area (Å²) in [6.45, 7) is 0. The molecule has 1 heterocycles. The number of rotatable bonds is 7. The average molecular weight is 368 g/mol. The zero-order valence-corrected chi connectivity index (χ0v) is 15.0. The molecule has 0 spiro atoms. The summed E-state index contributed by atoms with van der Waals surface area (Å²) in [5.74, 6) is 0.982. The molecular formula is C18H20N6O3. The minimum atomic E-state index is -0.271. The molecule has 1 aromatic heterocycles. The Morgan fingerprint density at radius 3 is 2.70 bits per heavy atom. The lowest BCUT2D eigenvalue weighted by atomic mass is 10.1. The Labute approximate surface area is 156 Å². The molecule has 0 bridgehead atoms. The van der Waals surface area contributed by atoms with Crippen LogP contribution in [-0.4, -0.2) is 36.2 Å². The summed E-state index contributed by atoms with van der Waals surface area (Å²) in [7, 11) is 2.98. The predicted octanol–water partition coefficient (Wildman–Crippen LogP) is 3.42. The number of nitrogens with one attached hydrogen (secondary N) is 3. The highest BCUT2D eigenvalue weighted by Crippen LogP contribution is 2.28. The van der Waals surface area contributed by atoms with Gasteiger partial charge in [0.25, 0.3) is 0 Å². The Bertz CT molecular complexity index is 853. The van der Waals surface area contributed by atoms with E-state index in [0.717, 1.165) is 11.4 Å². The Hall–Kier alpha value is -3.49. The largest absolute Gasteiger partial charge is 0.497 e. The van der Waals surface area contributed by atoms with Gasteiger partial charge in [-0.25, -0.2) is 10.5 Å². The number of ether oxygens (including phenoxy) is 2. The van der Waals surface area contributed by atoms with Crippen molar-refractivity contribution in [1.29, 1.82) is 5.53 Å². The molecule has 27 heavy (non-hydrogen) atoms. The molecule has 3 rings (SSSR count). The van der Waals surface area contributed by atoms with Gasteiger partial charge in [-0.3, -0.25) is 4.79 Å². The van der Waals surface area contributed by atoms with E-state index in [1.165, 1.54) is 13.3 Å². The second kappa shape index (κ2) is 8.26. The van der Waals surface area contributed by atoms with Crippen LogP contribution in [0.25, 0.3) is 0 Å². The van der Waals surface area contributed by atoms with Crippen molar-refractivity contribution >= 4 is 29.1 Å². The Morgan fingerprint density at radius 1 is 1.26 bits per heavy atom. The van der Waals surface area contributed by atoms with Gasteiger partial charge in [0, 0.05) is 11.7 Å². The number of carbonyl (C=O) groups is 1. The lowest BCUT2D eigenvalue weighted by Gasteiger charge is -2.14. The van der Waals surface area contributed by atoms with E-state index in [1.807, 2.05) is 36.4 Å². The molecule has 1 aliphatic carbocycles. The van der Waals surface area contributed by atoms with E-state index < -0.39 is 0 Å². The van der Waals surface area contributed by atoms with Gasteiger partial charge in [-0.15, -0.1) is 0 Å². The molecule has 1 aromatic carbocycles. The molecule has 0 fully saturated rings. The van der Waals surface area contributed by atoms with Crippen molar-refractivity contribution in [3.05, 3.63) is 42.6 Å². The molecule has 9 nitrogen and oxygen atoms in total. The maximum atomic E-state index is 11.6. The SMILES string of the molecule is COC(=O)[C@H]1C=C[C@@H](Nc2ncc(N=N)c(Nc3ccc(OC)cc3)n2)C1. The van der Waals surface area contributed by atoms with Gasteiger partial charge in [0.2, 0.25) is 5.95 Å². The van der Waals surface area contributed by atoms with Crippen molar-refractivity contribution in [3.63, 3.8) is 0 Å². The van der Waals surface area contributed by atoms with E-state index >= 15 is 0 Å². The van der Waals surface area contributed by atoms with Crippen LogP contribution in [0, 0.1) is 11.4 Å². The van der Waals surface area contributed by atoms with E-state index in [2.05, 4.69) is 25.7 Å². The molecule has 1 aliphatic rings. The van der Waals surface area contributed by atoms with E-state index in [-0.39, 0.29) is 17.9 Å². The number of hydrogen-bond donors (Lipinski definition) is 3. The first kappa shape index (κ1) is 18.3. The summed E-state index contributed by atoms with van der Waals surface area (Å²) in [5.41, 5.74) is 8.39. The minimum Gasteiger partial charge on any atom is -0.497 e. The molecule has 2 atom stereocenters. The Balaban J connectivity index is 1.72. The highest BCUT2D eigenvalue weighted by atomic mass is 16.5. The number of aromatic nitrogens is 2. The van der Waals surface area contributed by atoms with E-state index in [4.69, 9.17) is 15.0 Å². The van der Waals surface area contributed by atoms with E-state index in [1.54, 1.807) is 7.11 Å². The molecular weight excluding hydrogens is 348 g/mol. The second-order valence-corrected chi connectivity index (χ2v) is 5.89. The van der Waals surface area contributed by atoms with Crippen LogP contribution in [0.1, 0.15) is 6.42 Å². The first-order valence-electron chi connectivity index (χ1n) is 8.31. The van der Waals surface area contributed by atoms with Crippen molar-refractivity contribution in [2.45, 2.75) is 12.5 Å². The molecule has 0 radical (unpaired) electrons. The van der Waals surface area contributed by atoms with Crippen LogP contribution in [0.4, 0.5) is 23.1 Å². The number of benzene rings is 1. The summed E-state index contributed by atoms with van der Waals surface area (Å²) in [6, 6.07) is 7.22. The van der Waals surface area contributed by atoms with Gasteiger partial charge in [0.15, 0.2) is 5.82 Å². The molecule has 2 aromatic rings. The second-order valence-electron chi connectivity index (χ2n) is 5.89. The van der Waals surface area contributed by atoms with E-state index in [9.17, 15) is 4.79 Å². The van der Waals surface area contributed by atoms with Crippen LogP contribution in [0.3, 0.4) is 0 Å². The third-order valence-electron chi connectivity index (χ3n) is 4.14. The lowest BCUT2D eigenvalue weighted by Crippen LogP contribution is -2.21. The van der Waals surface area contributed by atoms with Crippen molar-refractivity contribution in [2.24, 2.45) is 11.0 Å². The summed E-state index contributed by atoms with van der Waals surface area (Å²) in [6.07, 6.45) is 5.74. The van der Waals surface area contributed by atoms with Crippen molar-refractivity contribution in [3.8, 4) is 5.75 Å². The van der Waals surface area contributed by atoms with Crippen LogP contribution in [-0.2, 0) is 9.53 Å². The molecule has 0 unspecified atom stereocenters. The van der Waals surface area contributed by atoms with Gasteiger partial charge in [-0.1, -0.05) is 12.2 Å².